The van der Waals surface area contributed by atoms with Crippen LogP contribution in [0.4, 0.5) is 0 Å². The summed E-state index contributed by atoms with van der Waals surface area (Å²) in [7, 11) is 1.98. The highest BCUT2D eigenvalue weighted by atomic mass is 15.3. The molecule has 17 heavy (non-hydrogen) atoms. The predicted molar refractivity (Wildman–Crippen MR) is 66.5 cm³/mol. The smallest absolute Gasteiger partial charge is 0.143 e. The second-order valence-electron chi connectivity index (χ2n) is 4.86. The molecule has 0 amide bonds. The molecule has 90 valence electrons. The molecule has 4 heteroatoms. The van der Waals surface area contributed by atoms with E-state index in [1.54, 1.807) is 6.33 Å². The molecule has 0 saturated carbocycles. The van der Waals surface area contributed by atoms with Gasteiger partial charge in [-0.2, -0.15) is 0 Å². The Bertz CT molecular complexity index is 489. The lowest BCUT2D eigenvalue weighted by Gasteiger charge is -2.33. The Hall–Kier alpha value is -1.71. The van der Waals surface area contributed by atoms with Gasteiger partial charge in [0.1, 0.15) is 12.2 Å². The van der Waals surface area contributed by atoms with Crippen LogP contribution < -0.4 is 0 Å². The highest BCUT2D eigenvalue weighted by Gasteiger charge is 2.36. The van der Waals surface area contributed by atoms with E-state index in [-0.39, 0.29) is 5.41 Å². The molecule has 2 aromatic heterocycles. The van der Waals surface area contributed by atoms with Gasteiger partial charge in [0.05, 0.1) is 5.41 Å². The fourth-order valence-corrected chi connectivity index (χ4v) is 2.17. The van der Waals surface area contributed by atoms with Gasteiger partial charge in [-0.15, -0.1) is 10.2 Å². The standard InChI is InChI=1S/C13H18N4/c1-10(2)13(3,11-5-7-14-8-6-11)12-16-15-9-17(12)4/h5-10H,1-4H3. The van der Waals surface area contributed by atoms with E-state index in [0.29, 0.717) is 5.92 Å². The average Bonchev–Trinajstić information content (AvgIpc) is 2.76. The van der Waals surface area contributed by atoms with Crippen LogP contribution in [0.5, 0.6) is 0 Å². The minimum Gasteiger partial charge on any atom is -0.320 e. The number of pyridine rings is 1. The van der Waals surface area contributed by atoms with Gasteiger partial charge in [-0.3, -0.25) is 4.98 Å². The summed E-state index contributed by atoms with van der Waals surface area (Å²) in [5, 5.41) is 8.27. The summed E-state index contributed by atoms with van der Waals surface area (Å²) in [6, 6.07) is 4.10. The Kier molecular flexibility index (Phi) is 2.96. The van der Waals surface area contributed by atoms with Gasteiger partial charge in [0, 0.05) is 19.4 Å². The molecule has 0 radical (unpaired) electrons. The molecular weight excluding hydrogens is 212 g/mol. The van der Waals surface area contributed by atoms with Gasteiger partial charge in [0.15, 0.2) is 0 Å². The first-order valence-electron chi connectivity index (χ1n) is 5.81. The lowest BCUT2D eigenvalue weighted by Crippen LogP contribution is -2.33. The van der Waals surface area contributed by atoms with Crippen molar-refractivity contribution >= 4 is 0 Å². The molecule has 0 aliphatic carbocycles. The maximum atomic E-state index is 4.28. The van der Waals surface area contributed by atoms with Crippen LogP contribution in [0.15, 0.2) is 30.9 Å². The first kappa shape index (κ1) is 11.8. The molecule has 2 heterocycles. The highest BCUT2D eigenvalue weighted by Crippen LogP contribution is 2.36. The maximum Gasteiger partial charge on any atom is 0.143 e. The molecule has 0 bridgehead atoms. The van der Waals surface area contributed by atoms with Crippen LogP contribution >= 0.6 is 0 Å². The van der Waals surface area contributed by atoms with Gasteiger partial charge < -0.3 is 4.57 Å². The largest absolute Gasteiger partial charge is 0.320 e. The molecule has 0 aliphatic heterocycles. The summed E-state index contributed by atoms with van der Waals surface area (Å²) in [6.45, 7) is 6.61. The zero-order chi connectivity index (χ0) is 12.5. The van der Waals surface area contributed by atoms with Crippen LogP contribution in [-0.4, -0.2) is 19.7 Å². The zero-order valence-electron chi connectivity index (χ0n) is 10.8. The Morgan fingerprint density at radius 2 is 1.88 bits per heavy atom. The van der Waals surface area contributed by atoms with Crippen molar-refractivity contribution in [2.75, 3.05) is 0 Å². The third-order valence-corrected chi connectivity index (χ3v) is 3.61. The van der Waals surface area contributed by atoms with Gasteiger partial charge in [0.2, 0.25) is 0 Å². The number of aromatic nitrogens is 4. The SMILES string of the molecule is CC(C)C(C)(c1ccncc1)c1nncn1C. The van der Waals surface area contributed by atoms with Gasteiger partial charge in [-0.25, -0.2) is 0 Å². The molecule has 1 unspecified atom stereocenters. The van der Waals surface area contributed by atoms with E-state index in [9.17, 15) is 0 Å². The van der Waals surface area contributed by atoms with E-state index >= 15 is 0 Å². The normalized spacial score (nSPS) is 14.9. The topological polar surface area (TPSA) is 43.6 Å². The molecule has 0 spiro atoms. The van der Waals surface area contributed by atoms with Crippen molar-refractivity contribution in [3.05, 3.63) is 42.2 Å². The molecule has 0 saturated heterocycles. The molecule has 2 aromatic rings. The summed E-state index contributed by atoms with van der Waals surface area (Å²) in [4.78, 5) is 4.08. The minimum absolute atomic E-state index is 0.145. The van der Waals surface area contributed by atoms with E-state index in [0.717, 1.165) is 5.82 Å². The summed E-state index contributed by atoms with van der Waals surface area (Å²) in [5.74, 6) is 1.41. The molecule has 0 aliphatic rings. The van der Waals surface area contributed by atoms with Crippen molar-refractivity contribution in [2.45, 2.75) is 26.2 Å². The molecule has 0 fully saturated rings. The zero-order valence-corrected chi connectivity index (χ0v) is 10.8. The predicted octanol–water partition coefficient (Wildman–Crippen LogP) is 2.17. The quantitative estimate of drug-likeness (QED) is 0.811. The highest BCUT2D eigenvalue weighted by molar-refractivity contribution is 5.31. The third-order valence-electron chi connectivity index (χ3n) is 3.61. The van der Waals surface area contributed by atoms with E-state index in [1.807, 2.05) is 24.0 Å². The maximum absolute atomic E-state index is 4.28. The summed E-state index contributed by atoms with van der Waals surface area (Å²) in [5.41, 5.74) is 1.08. The molecule has 2 rings (SSSR count). The number of aryl methyl sites for hydroxylation is 1. The van der Waals surface area contributed by atoms with Gasteiger partial charge in [-0.1, -0.05) is 13.8 Å². The van der Waals surface area contributed by atoms with E-state index in [4.69, 9.17) is 0 Å². The second kappa shape index (κ2) is 4.28. The fourth-order valence-electron chi connectivity index (χ4n) is 2.17. The van der Waals surface area contributed by atoms with E-state index in [1.165, 1.54) is 5.56 Å². The van der Waals surface area contributed by atoms with Gasteiger partial charge in [0.25, 0.3) is 0 Å². The Morgan fingerprint density at radius 3 is 2.35 bits per heavy atom. The van der Waals surface area contributed by atoms with Crippen molar-refractivity contribution in [3.8, 4) is 0 Å². The molecule has 1 atom stereocenters. The van der Waals surface area contributed by atoms with Crippen LogP contribution in [0.1, 0.15) is 32.2 Å². The Morgan fingerprint density at radius 1 is 1.24 bits per heavy atom. The van der Waals surface area contributed by atoms with E-state index < -0.39 is 0 Å². The number of hydrogen-bond acceptors (Lipinski definition) is 3. The molecule has 4 nitrogen and oxygen atoms in total. The van der Waals surface area contributed by atoms with Crippen LogP contribution in [0.25, 0.3) is 0 Å². The Labute approximate surface area is 102 Å². The van der Waals surface area contributed by atoms with Crippen molar-refractivity contribution in [1.82, 2.24) is 19.7 Å². The Balaban J connectivity index is 2.59. The monoisotopic (exact) mass is 230 g/mol. The van der Waals surface area contributed by atoms with Crippen LogP contribution in [0.3, 0.4) is 0 Å². The molecule has 0 N–H and O–H groups in total. The summed E-state index contributed by atoms with van der Waals surface area (Å²) < 4.78 is 1.99. The van der Waals surface area contributed by atoms with Gasteiger partial charge >= 0.3 is 0 Å². The van der Waals surface area contributed by atoms with Crippen molar-refractivity contribution in [3.63, 3.8) is 0 Å². The van der Waals surface area contributed by atoms with E-state index in [2.05, 4.69) is 48.1 Å². The lowest BCUT2D eigenvalue weighted by atomic mass is 9.73. The number of hydrogen-bond donors (Lipinski definition) is 0. The average molecular weight is 230 g/mol. The summed E-state index contributed by atoms with van der Waals surface area (Å²) >= 11 is 0. The van der Waals surface area contributed by atoms with Crippen LogP contribution in [0.2, 0.25) is 0 Å². The van der Waals surface area contributed by atoms with Crippen molar-refractivity contribution < 1.29 is 0 Å². The molecular formula is C13H18N4. The van der Waals surface area contributed by atoms with Crippen LogP contribution in [-0.2, 0) is 12.5 Å². The second-order valence-corrected chi connectivity index (χ2v) is 4.86. The van der Waals surface area contributed by atoms with Crippen molar-refractivity contribution in [2.24, 2.45) is 13.0 Å². The minimum atomic E-state index is -0.145. The number of rotatable bonds is 3. The van der Waals surface area contributed by atoms with Crippen LogP contribution in [0, 0.1) is 5.92 Å². The first-order valence-corrected chi connectivity index (χ1v) is 5.81. The summed E-state index contributed by atoms with van der Waals surface area (Å²) in [6.07, 6.45) is 5.40. The fraction of sp³-hybridized carbons (Fsp3) is 0.462. The lowest BCUT2D eigenvalue weighted by molar-refractivity contribution is 0.373. The van der Waals surface area contributed by atoms with Gasteiger partial charge in [-0.05, 0) is 30.5 Å². The molecule has 0 aromatic carbocycles. The van der Waals surface area contributed by atoms with Crippen molar-refractivity contribution in [1.29, 1.82) is 0 Å². The number of nitrogens with zero attached hydrogens (tertiary/aromatic N) is 4. The first-order chi connectivity index (χ1) is 8.06. The third kappa shape index (κ3) is 1.84.